The van der Waals surface area contributed by atoms with Crippen molar-refractivity contribution in [3.05, 3.63) is 36.0 Å². The lowest BCUT2D eigenvalue weighted by molar-refractivity contribution is 0.163. The van der Waals surface area contributed by atoms with E-state index in [4.69, 9.17) is 9.26 Å². The molecule has 1 unspecified atom stereocenters. The van der Waals surface area contributed by atoms with Crippen LogP contribution in [0.25, 0.3) is 0 Å². The van der Waals surface area contributed by atoms with Crippen molar-refractivity contribution >= 4 is 17.4 Å². The largest absolute Gasteiger partial charge is 0.477 e. The van der Waals surface area contributed by atoms with Gasteiger partial charge in [0.1, 0.15) is 5.75 Å². The highest BCUT2D eigenvalue weighted by atomic mass is 32.2. The average Bonchev–Trinajstić information content (AvgIpc) is 2.95. The number of hydrogen-bond acceptors (Lipinski definition) is 6. The molecule has 1 atom stereocenters. The molecule has 5 nitrogen and oxygen atoms in total. The number of fused-ring (bicyclic) bond motifs is 1. The van der Waals surface area contributed by atoms with E-state index in [1.165, 1.54) is 0 Å². The van der Waals surface area contributed by atoms with Gasteiger partial charge in [0.15, 0.2) is 11.9 Å². The van der Waals surface area contributed by atoms with Crippen LogP contribution in [0.3, 0.4) is 0 Å². The van der Waals surface area contributed by atoms with Gasteiger partial charge < -0.3 is 14.6 Å². The summed E-state index contributed by atoms with van der Waals surface area (Å²) in [4.78, 5) is 4.44. The van der Waals surface area contributed by atoms with E-state index in [-0.39, 0.29) is 6.10 Å². The zero-order valence-electron chi connectivity index (χ0n) is 12.2. The number of nitrogens with zero attached hydrogens (tertiary/aromatic N) is 2. The number of ether oxygens (including phenoxy) is 1. The number of anilines is 1. The van der Waals surface area contributed by atoms with Gasteiger partial charge in [-0.1, -0.05) is 31.1 Å². The second-order valence-corrected chi connectivity index (χ2v) is 6.47. The Hall–Kier alpha value is -1.69. The molecule has 0 saturated heterocycles. The second kappa shape index (κ2) is 6.39. The minimum Gasteiger partial charge on any atom is -0.477 e. The summed E-state index contributed by atoms with van der Waals surface area (Å²) >= 11 is 1.82. The van der Waals surface area contributed by atoms with Gasteiger partial charge in [0, 0.05) is 0 Å². The molecule has 3 rings (SSSR count). The SMILES string of the molecule is CC(C)CSCc1noc(C2CNc3ccccc3O2)n1. The van der Waals surface area contributed by atoms with E-state index >= 15 is 0 Å². The molecule has 1 aliphatic heterocycles. The molecule has 0 aliphatic carbocycles. The van der Waals surface area contributed by atoms with Gasteiger partial charge in [-0.3, -0.25) is 0 Å². The number of rotatable bonds is 5. The standard InChI is InChI=1S/C15H19N3O2S/c1-10(2)8-21-9-14-17-15(20-18-14)13-7-16-11-5-3-4-6-12(11)19-13/h3-6,10,13,16H,7-9H2,1-2H3. The maximum absolute atomic E-state index is 5.91. The number of benzene rings is 1. The van der Waals surface area contributed by atoms with E-state index < -0.39 is 0 Å². The molecule has 0 fully saturated rings. The van der Waals surface area contributed by atoms with Crippen LogP contribution in [0, 0.1) is 5.92 Å². The van der Waals surface area contributed by atoms with Crippen LogP contribution >= 0.6 is 11.8 Å². The minimum absolute atomic E-state index is 0.226. The molecule has 1 aliphatic rings. The smallest absolute Gasteiger partial charge is 0.269 e. The minimum atomic E-state index is -0.226. The van der Waals surface area contributed by atoms with Crippen molar-refractivity contribution in [3.63, 3.8) is 0 Å². The highest BCUT2D eigenvalue weighted by Crippen LogP contribution is 2.33. The number of aromatic nitrogens is 2. The highest BCUT2D eigenvalue weighted by molar-refractivity contribution is 7.98. The molecule has 1 aromatic heterocycles. The van der Waals surface area contributed by atoms with E-state index in [9.17, 15) is 0 Å². The molecule has 0 saturated carbocycles. The maximum Gasteiger partial charge on any atom is 0.269 e. The molecule has 21 heavy (non-hydrogen) atoms. The van der Waals surface area contributed by atoms with Crippen LogP contribution in [0.4, 0.5) is 5.69 Å². The summed E-state index contributed by atoms with van der Waals surface area (Å²) in [7, 11) is 0. The van der Waals surface area contributed by atoms with E-state index in [1.54, 1.807) is 0 Å². The first-order chi connectivity index (χ1) is 10.2. The van der Waals surface area contributed by atoms with Crippen LogP contribution in [0.15, 0.2) is 28.8 Å². The van der Waals surface area contributed by atoms with Crippen LogP contribution in [-0.4, -0.2) is 22.4 Å². The molecule has 1 N–H and O–H groups in total. The lowest BCUT2D eigenvalue weighted by Crippen LogP contribution is -2.23. The Morgan fingerprint density at radius 1 is 1.38 bits per heavy atom. The molecule has 112 valence electrons. The third-order valence-corrected chi connectivity index (χ3v) is 4.44. The fourth-order valence-electron chi connectivity index (χ4n) is 2.09. The second-order valence-electron chi connectivity index (χ2n) is 5.44. The van der Waals surface area contributed by atoms with E-state index in [2.05, 4.69) is 29.3 Å². The quantitative estimate of drug-likeness (QED) is 0.912. The van der Waals surface area contributed by atoms with E-state index in [0.29, 0.717) is 18.4 Å². The Morgan fingerprint density at radius 3 is 3.10 bits per heavy atom. The topological polar surface area (TPSA) is 60.2 Å². The normalized spacial score (nSPS) is 17.2. The van der Waals surface area contributed by atoms with Crippen molar-refractivity contribution in [1.29, 1.82) is 0 Å². The number of hydrogen-bond donors (Lipinski definition) is 1. The molecule has 2 aromatic rings. The third-order valence-electron chi connectivity index (χ3n) is 3.08. The summed E-state index contributed by atoms with van der Waals surface area (Å²) in [5.74, 6) is 4.64. The van der Waals surface area contributed by atoms with Crippen molar-refractivity contribution in [1.82, 2.24) is 10.1 Å². The number of para-hydroxylation sites is 2. The summed E-state index contributed by atoms with van der Waals surface area (Å²) in [5, 5.41) is 7.35. The van der Waals surface area contributed by atoms with Crippen LogP contribution in [0.2, 0.25) is 0 Å². The van der Waals surface area contributed by atoms with Gasteiger partial charge in [-0.2, -0.15) is 16.7 Å². The lowest BCUT2D eigenvalue weighted by atomic mass is 10.2. The predicted molar refractivity (Wildman–Crippen MR) is 83.6 cm³/mol. The van der Waals surface area contributed by atoms with E-state index in [0.717, 1.165) is 28.8 Å². The van der Waals surface area contributed by atoms with Gasteiger partial charge in [-0.25, -0.2) is 0 Å². The van der Waals surface area contributed by atoms with Crippen molar-refractivity contribution in [2.75, 3.05) is 17.6 Å². The van der Waals surface area contributed by atoms with Gasteiger partial charge in [-0.05, 0) is 23.8 Å². The first-order valence-corrected chi connectivity index (χ1v) is 8.27. The highest BCUT2D eigenvalue weighted by Gasteiger charge is 2.25. The maximum atomic E-state index is 5.91. The Morgan fingerprint density at radius 2 is 2.24 bits per heavy atom. The van der Waals surface area contributed by atoms with Gasteiger partial charge in [-0.15, -0.1) is 0 Å². The Balaban J connectivity index is 1.62. The summed E-state index contributed by atoms with van der Waals surface area (Å²) in [6, 6.07) is 7.86. The third kappa shape index (κ3) is 3.50. The lowest BCUT2D eigenvalue weighted by Gasteiger charge is -2.24. The Bertz CT molecular complexity index is 600. The average molecular weight is 305 g/mol. The van der Waals surface area contributed by atoms with Crippen molar-refractivity contribution in [2.45, 2.75) is 25.7 Å². The van der Waals surface area contributed by atoms with Gasteiger partial charge in [0.2, 0.25) is 0 Å². The van der Waals surface area contributed by atoms with Crippen LogP contribution < -0.4 is 10.1 Å². The molecule has 0 spiro atoms. The molecule has 1 aromatic carbocycles. The van der Waals surface area contributed by atoms with Crippen LogP contribution in [0.1, 0.15) is 31.7 Å². The Labute approximate surface area is 128 Å². The first kappa shape index (κ1) is 14.3. The van der Waals surface area contributed by atoms with Crippen LogP contribution in [-0.2, 0) is 5.75 Å². The van der Waals surface area contributed by atoms with Crippen LogP contribution in [0.5, 0.6) is 5.75 Å². The predicted octanol–water partition coefficient (Wildman–Crippen LogP) is 3.50. The summed E-state index contributed by atoms with van der Waals surface area (Å²) in [6.07, 6.45) is -0.226. The van der Waals surface area contributed by atoms with Gasteiger partial charge >= 0.3 is 0 Å². The monoisotopic (exact) mass is 305 g/mol. The van der Waals surface area contributed by atoms with Gasteiger partial charge in [0.05, 0.1) is 18.0 Å². The Kier molecular flexibility index (Phi) is 4.34. The molecule has 6 heteroatoms. The van der Waals surface area contributed by atoms with Crippen molar-refractivity contribution < 1.29 is 9.26 Å². The fourth-order valence-corrected chi connectivity index (χ4v) is 2.98. The van der Waals surface area contributed by atoms with Gasteiger partial charge in [0.25, 0.3) is 5.89 Å². The zero-order chi connectivity index (χ0) is 14.7. The number of nitrogens with one attached hydrogen (secondary N) is 1. The zero-order valence-corrected chi connectivity index (χ0v) is 13.0. The molecule has 2 heterocycles. The first-order valence-electron chi connectivity index (χ1n) is 7.12. The molecular formula is C15H19N3O2S. The van der Waals surface area contributed by atoms with E-state index in [1.807, 2.05) is 36.0 Å². The number of thioether (sulfide) groups is 1. The molecule has 0 amide bonds. The van der Waals surface area contributed by atoms with Crippen molar-refractivity contribution in [3.8, 4) is 5.75 Å². The molecular weight excluding hydrogens is 286 g/mol. The van der Waals surface area contributed by atoms with Crippen molar-refractivity contribution in [2.24, 2.45) is 5.92 Å². The summed E-state index contributed by atoms with van der Waals surface area (Å²) < 4.78 is 11.2. The molecule has 0 radical (unpaired) electrons. The summed E-state index contributed by atoms with van der Waals surface area (Å²) in [5.41, 5.74) is 1.00. The molecule has 0 bridgehead atoms. The fraction of sp³-hybridized carbons (Fsp3) is 0.467. The summed E-state index contributed by atoms with van der Waals surface area (Å²) in [6.45, 7) is 5.04.